The van der Waals surface area contributed by atoms with Gasteiger partial charge in [-0.2, -0.15) is 0 Å². The Morgan fingerprint density at radius 2 is 1.06 bits per heavy atom. The van der Waals surface area contributed by atoms with Gasteiger partial charge in [0.1, 0.15) is 12.2 Å². The van der Waals surface area contributed by atoms with E-state index in [1.165, 1.54) is 0 Å². The molecule has 53 heavy (non-hydrogen) atoms. The number of rotatable bonds is 17. The smallest absolute Gasteiger partial charge is 0.196 e. The van der Waals surface area contributed by atoms with E-state index in [0.29, 0.717) is 50.8 Å². The molecule has 8 heteroatoms. The highest BCUT2D eigenvalue weighted by molar-refractivity contribution is 6.74. The van der Waals surface area contributed by atoms with Crippen molar-refractivity contribution in [2.45, 2.75) is 130 Å². The highest BCUT2D eigenvalue weighted by Crippen LogP contribution is 2.47. The average molecular weight is 747 g/mol. The van der Waals surface area contributed by atoms with Gasteiger partial charge in [0, 0.05) is 11.8 Å². The predicted octanol–water partition coefficient (Wildman–Crippen LogP) is 10.0. The first-order valence-electron chi connectivity index (χ1n) is 19.8. The first-order chi connectivity index (χ1) is 25.3. The number of hydrogen-bond acceptors (Lipinski definition) is 7. The van der Waals surface area contributed by atoms with Crippen LogP contribution in [-0.4, -0.2) is 58.5 Å². The van der Waals surface area contributed by atoms with Crippen LogP contribution >= 0.6 is 0 Å². The van der Waals surface area contributed by atoms with Crippen LogP contribution < -0.4 is 0 Å². The molecule has 3 aromatic rings. The molecule has 3 aromatic carbocycles. The van der Waals surface area contributed by atoms with Crippen molar-refractivity contribution >= 4 is 8.32 Å². The first-order valence-corrected chi connectivity index (χ1v) is 22.7. The van der Waals surface area contributed by atoms with Gasteiger partial charge in [-0.25, -0.2) is 0 Å². The normalized spacial score (nSPS) is 29.7. The minimum Gasteiger partial charge on any atom is -0.390 e. The van der Waals surface area contributed by atoms with Crippen molar-refractivity contribution in [3.05, 3.63) is 108 Å². The number of ether oxygens (including phenoxy) is 6. The summed E-state index contributed by atoms with van der Waals surface area (Å²) >= 11 is 0. The summed E-state index contributed by atoms with van der Waals surface area (Å²) in [7, 11) is -2.34. The molecule has 2 aliphatic heterocycles. The minimum absolute atomic E-state index is 0.00791. The lowest BCUT2D eigenvalue weighted by molar-refractivity contribution is -0.334. The second kappa shape index (κ2) is 19.0. The maximum absolute atomic E-state index is 7.19. The lowest BCUT2D eigenvalue weighted by Crippen LogP contribution is -2.62. The van der Waals surface area contributed by atoms with Crippen LogP contribution in [-0.2, 0) is 52.7 Å². The highest BCUT2D eigenvalue weighted by atomic mass is 28.4. The van der Waals surface area contributed by atoms with Gasteiger partial charge in [-0.15, -0.1) is 0 Å². The van der Waals surface area contributed by atoms with Crippen molar-refractivity contribution < 1.29 is 32.8 Å². The Morgan fingerprint density at radius 1 is 0.585 bits per heavy atom. The third-order valence-electron chi connectivity index (χ3n) is 12.7. The fourth-order valence-corrected chi connectivity index (χ4v) is 9.86. The van der Waals surface area contributed by atoms with E-state index < -0.39 is 27.0 Å². The highest BCUT2D eigenvalue weighted by Gasteiger charge is 2.53. The van der Waals surface area contributed by atoms with E-state index in [4.69, 9.17) is 32.8 Å². The summed E-state index contributed by atoms with van der Waals surface area (Å²) in [5.41, 5.74) is 3.37. The topological polar surface area (TPSA) is 64.6 Å². The molecule has 2 heterocycles. The molecule has 0 aromatic heterocycles. The van der Waals surface area contributed by atoms with Gasteiger partial charge in [0.25, 0.3) is 0 Å². The summed E-state index contributed by atoms with van der Waals surface area (Å²) in [6, 6.07) is 30.9. The monoisotopic (exact) mass is 746 g/mol. The summed E-state index contributed by atoms with van der Waals surface area (Å²) in [6.07, 6.45) is -2.28. The molecule has 0 N–H and O–H groups in total. The van der Waals surface area contributed by atoms with Gasteiger partial charge in [0.15, 0.2) is 20.9 Å². The van der Waals surface area contributed by atoms with Crippen LogP contribution in [0.1, 0.15) is 72.1 Å². The average Bonchev–Trinajstić information content (AvgIpc) is 3.14. The van der Waals surface area contributed by atoms with Gasteiger partial charge in [-0.3, -0.25) is 0 Å². The molecule has 292 valence electrons. The molecule has 7 nitrogen and oxygen atoms in total. The second-order valence-corrected chi connectivity index (χ2v) is 21.4. The molecule has 0 saturated carbocycles. The molecular weight excluding hydrogens is 681 g/mol. The summed E-state index contributed by atoms with van der Waals surface area (Å²) in [5, 5.41) is -0.00791. The first kappa shape index (κ1) is 41.8. The van der Waals surface area contributed by atoms with E-state index >= 15 is 0 Å². The maximum Gasteiger partial charge on any atom is 0.196 e. The Morgan fingerprint density at radius 3 is 1.57 bits per heavy atom. The Hall–Kier alpha value is -2.40. The summed E-state index contributed by atoms with van der Waals surface area (Å²) in [5.74, 6) is 1.17. The summed E-state index contributed by atoms with van der Waals surface area (Å²) in [4.78, 5) is 0. The Labute approximate surface area is 321 Å². The van der Waals surface area contributed by atoms with E-state index in [9.17, 15) is 0 Å². The number of hydrogen-bond donors (Lipinski definition) is 0. The van der Waals surface area contributed by atoms with Crippen molar-refractivity contribution in [1.82, 2.24) is 0 Å². The zero-order chi connectivity index (χ0) is 38.2. The maximum atomic E-state index is 7.19. The molecule has 0 bridgehead atoms. The van der Waals surface area contributed by atoms with Crippen molar-refractivity contribution in [2.75, 3.05) is 13.2 Å². The van der Waals surface area contributed by atoms with Crippen LogP contribution in [0.4, 0.5) is 0 Å². The molecule has 5 rings (SSSR count). The Kier molecular flexibility index (Phi) is 14.9. The fourth-order valence-electron chi connectivity index (χ4n) is 7.40. The Balaban J connectivity index is 1.40. The van der Waals surface area contributed by atoms with Gasteiger partial charge in [0.05, 0.1) is 45.2 Å². The summed E-state index contributed by atoms with van der Waals surface area (Å²) < 4.78 is 47.7. The predicted molar refractivity (Wildman–Crippen MR) is 214 cm³/mol. The molecule has 0 spiro atoms. The molecule has 0 amide bonds. The van der Waals surface area contributed by atoms with Gasteiger partial charge in [-0.05, 0) is 52.6 Å². The van der Waals surface area contributed by atoms with Crippen molar-refractivity contribution in [3.63, 3.8) is 0 Å². The Bertz CT molecular complexity index is 1480. The van der Waals surface area contributed by atoms with Gasteiger partial charge < -0.3 is 32.8 Å². The van der Waals surface area contributed by atoms with Crippen LogP contribution in [0.3, 0.4) is 0 Å². The largest absolute Gasteiger partial charge is 0.390 e. The third-order valence-corrected chi connectivity index (χ3v) is 17.2. The van der Waals surface area contributed by atoms with E-state index in [1.54, 1.807) is 0 Å². The SMILES string of the molecule is CC1[C@@H](O[C@H]2C(COCc3ccccc3)O[C@@H](O[Si](C)(C)C(C)(C)C(C)C)C(OCc3ccccc3)[C@H]2C)OC(COCc2ccccc2)[C@@H](C)[C@@H]1C. The van der Waals surface area contributed by atoms with Crippen molar-refractivity contribution in [3.8, 4) is 0 Å². The summed E-state index contributed by atoms with van der Waals surface area (Å²) in [6.45, 7) is 25.2. The van der Waals surface area contributed by atoms with Crippen molar-refractivity contribution in [1.29, 1.82) is 0 Å². The van der Waals surface area contributed by atoms with Crippen LogP contribution in [0.5, 0.6) is 0 Å². The van der Waals surface area contributed by atoms with Gasteiger partial charge in [-0.1, -0.05) is 146 Å². The molecule has 2 aliphatic rings. The van der Waals surface area contributed by atoms with Crippen LogP contribution in [0.25, 0.3) is 0 Å². The van der Waals surface area contributed by atoms with E-state index in [1.807, 2.05) is 54.6 Å². The van der Waals surface area contributed by atoms with Crippen LogP contribution in [0.15, 0.2) is 91.0 Å². The second-order valence-electron chi connectivity index (χ2n) is 16.9. The fraction of sp³-hybridized carbons (Fsp3) is 0.600. The number of benzene rings is 3. The van der Waals surface area contributed by atoms with E-state index in [-0.39, 0.29) is 35.2 Å². The molecular formula is C45H66O7Si. The van der Waals surface area contributed by atoms with Gasteiger partial charge in [0.2, 0.25) is 0 Å². The molecule has 0 radical (unpaired) electrons. The molecule has 2 fully saturated rings. The quantitative estimate of drug-likeness (QED) is 0.128. The standard InChI is InChI=1S/C45H66O7Si/c1-31(2)45(7,8)53(9,10)52-44-42(48-28-38-24-18-13-19-25-38)35(6)41(40(50-44)30-47-27-37-22-16-12-17-23-37)51-43-34(5)32(3)33(4)39(49-43)29-46-26-36-20-14-11-15-21-36/h11-25,31-35,39-44H,26-30H2,1-10H3/t32-,33-,34?,35-,39?,40?,41+,42?,43+,44-/m0/s1. The molecule has 10 atom stereocenters. The minimum atomic E-state index is -2.34. The van der Waals surface area contributed by atoms with Crippen molar-refractivity contribution in [2.24, 2.45) is 29.6 Å². The molecule has 0 aliphatic carbocycles. The van der Waals surface area contributed by atoms with Crippen LogP contribution in [0, 0.1) is 29.6 Å². The molecule has 4 unspecified atom stereocenters. The zero-order valence-electron chi connectivity index (χ0n) is 33.9. The van der Waals surface area contributed by atoms with E-state index in [0.717, 1.165) is 16.7 Å². The lowest BCUT2D eigenvalue weighted by atomic mass is 9.79. The van der Waals surface area contributed by atoms with E-state index in [2.05, 4.69) is 105 Å². The lowest BCUT2D eigenvalue weighted by Gasteiger charge is -2.51. The zero-order valence-corrected chi connectivity index (χ0v) is 34.9. The van der Waals surface area contributed by atoms with Crippen LogP contribution in [0.2, 0.25) is 18.1 Å². The molecule has 2 saturated heterocycles. The van der Waals surface area contributed by atoms with Gasteiger partial charge >= 0.3 is 0 Å². The third kappa shape index (κ3) is 10.7.